The molecule has 0 fully saturated rings. The third-order valence-corrected chi connectivity index (χ3v) is 5.22. The highest BCUT2D eigenvalue weighted by molar-refractivity contribution is 6.06. The molecular weight excluding hydrogens is 350 g/mol. The first-order valence-corrected chi connectivity index (χ1v) is 9.70. The maximum absolute atomic E-state index is 12.8. The van der Waals surface area contributed by atoms with Crippen LogP contribution in [0.1, 0.15) is 40.7 Å². The van der Waals surface area contributed by atoms with Crippen LogP contribution in [-0.2, 0) is 13.6 Å². The van der Waals surface area contributed by atoms with Crippen molar-refractivity contribution in [1.82, 2.24) is 25.0 Å². The third kappa shape index (κ3) is 4.39. The smallest absolute Gasteiger partial charge is 0.252 e. The number of nitrogens with zero attached hydrogens (tertiary/aromatic N) is 4. The van der Waals surface area contributed by atoms with Gasteiger partial charge in [-0.05, 0) is 45.9 Å². The lowest BCUT2D eigenvalue weighted by atomic mass is 10.1. The average Bonchev–Trinajstić information content (AvgIpc) is 2.95. The van der Waals surface area contributed by atoms with E-state index in [2.05, 4.69) is 58.5 Å². The molecule has 6 heteroatoms. The predicted octanol–water partition coefficient (Wildman–Crippen LogP) is 3.23. The average molecular weight is 380 g/mol. The first-order valence-electron chi connectivity index (χ1n) is 9.70. The minimum atomic E-state index is -0.0653. The number of hydrogen-bond donors (Lipinski definition) is 1. The van der Waals surface area contributed by atoms with Gasteiger partial charge in [-0.1, -0.05) is 30.3 Å². The summed E-state index contributed by atoms with van der Waals surface area (Å²) < 4.78 is 1.73. The molecule has 3 aromatic rings. The molecule has 3 rings (SSSR count). The lowest BCUT2D eigenvalue weighted by Crippen LogP contribution is -2.33. The van der Waals surface area contributed by atoms with Crippen molar-refractivity contribution in [3.63, 3.8) is 0 Å². The van der Waals surface area contributed by atoms with E-state index < -0.39 is 0 Å². The van der Waals surface area contributed by atoms with Crippen molar-refractivity contribution in [3.8, 4) is 0 Å². The van der Waals surface area contributed by atoms with Gasteiger partial charge in [-0.15, -0.1) is 0 Å². The monoisotopic (exact) mass is 379 g/mol. The highest BCUT2D eigenvalue weighted by Crippen LogP contribution is 2.21. The second kappa shape index (κ2) is 8.52. The Morgan fingerprint density at radius 1 is 1.25 bits per heavy atom. The number of benzene rings is 1. The molecule has 0 bridgehead atoms. The summed E-state index contributed by atoms with van der Waals surface area (Å²) in [5.41, 5.74) is 4.34. The Morgan fingerprint density at radius 2 is 1.96 bits per heavy atom. The van der Waals surface area contributed by atoms with Gasteiger partial charge >= 0.3 is 0 Å². The normalized spacial score (nSPS) is 12.5. The molecule has 0 aliphatic carbocycles. The molecule has 0 spiro atoms. The summed E-state index contributed by atoms with van der Waals surface area (Å²) in [4.78, 5) is 19.7. The summed E-state index contributed by atoms with van der Waals surface area (Å²) in [6, 6.07) is 12.6. The molecule has 2 aromatic heterocycles. The zero-order valence-electron chi connectivity index (χ0n) is 17.4. The lowest BCUT2D eigenvalue weighted by Gasteiger charge is -2.25. The van der Waals surface area contributed by atoms with Crippen molar-refractivity contribution in [2.45, 2.75) is 39.8 Å². The van der Waals surface area contributed by atoms with Crippen molar-refractivity contribution in [3.05, 3.63) is 58.9 Å². The van der Waals surface area contributed by atoms with Crippen molar-refractivity contribution >= 4 is 16.9 Å². The van der Waals surface area contributed by atoms with Crippen LogP contribution in [0.15, 0.2) is 36.4 Å². The van der Waals surface area contributed by atoms with Gasteiger partial charge in [0.1, 0.15) is 0 Å². The fraction of sp³-hybridized carbons (Fsp3) is 0.409. The number of aryl methyl sites for hydroxylation is 3. The van der Waals surface area contributed by atoms with E-state index in [0.29, 0.717) is 18.2 Å². The van der Waals surface area contributed by atoms with Crippen LogP contribution >= 0.6 is 0 Å². The molecule has 1 N–H and O–H groups in total. The number of rotatable bonds is 7. The minimum absolute atomic E-state index is 0.0653. The van der Waals surface area contributed by atoms with E-state index in [1.54, 1.807) is 4.68 Å². The molecule has 0 unspecified atom stereocenters. The van der Waals surface area contributed by atoms with E-state index in [4.69, 9.17) is 0 Å². The summed E-state index contributed by atoms with van der Waals surface area (Å²) >= 11 is 0. The summed E-state index contributed by atoms with van der Waals surface area (Å²) in [6.07, 6.45) is 0.883. The predicted molar refractivity (Wildman–Crippen MR) is 112 cm³/mol. The lowest BCUT2D eigenvalue weighted by molar-refractivity contribution is 0.0950. The van der Waals surface area contributed by atoms with Gasteiger partial charge in [0, 0.05) is 31.9 Å². The fourth-order valence-corrected chi connectivity index (χ4v) is 3.49. The number of fused-ring (bicyclic) bond motifs is 1. The molecule has 2 heterocycles. The van der Waals surface area contributed by atoms with Crippen LogP contribution in [-0.4, -0.2) is 45.2 Å². The van der Waals surface area contributed by atoms with Crippen LogP contribution in [0, 0.1) is 13.8 Å². The number of aromatic nitrogens is 3. The topological polar surface area (TPSA) is 63.1 Å². The van der Waals surface area contributed by atoms with Gasteiger partial charge in [-0.3, -0.25) is 14.4 Å². The number of carbonyl (C=O) groups excluding carboxylic acids is 1. The van der Waals surface area contributed by atoms with Crippen LogP contribution in [0.25, 0.3) is 11.0 Å². The zero-order chi connectivity index (χ0) is 20.3. The summed E-state index contributed by atoms with van der Waals surface area (Å²) in [5, 5.41) is 8.32. The van der Waals surface area contributed by atoms with E-state index in [0.717, 1.165) is 35.4 Å². The quantitative estimate of drug-likeness (QED) is 0.685. The summed E-state index contributed by atoms with van der Waals surface area (Å²) in [5.74, 6) is -0.0653. The molecule has 0 saturated carbocycles. The van der Waals surface area contributed by atoms with E-state index in [1.165, 1.54) is 5.56 Å². The highest BCUT2D eigenvalue weighted by Gasteiger charge is 2.18. The van der Waals surface area contributed by atoms with Crippen LogP contribution in [0.3, 0.4) is 0 Å². The highest BCUT2D eigenvalue weighted by atomic mass is 16.1. The number of amides is 1. The van der Waals surface area contributed by atoms with Gasteiger partial charge in [0.05, 0.1) is 16.6 Å². The maximum Gasteiger partial charge on any atom is 0.252 e. The Kier molecular flexibility index (Phi) is 6.09. The minimum Gasteiger partial charge on any atom is -0.352 e. The molecule has 0 aliphatic heterocycles. The number of carbonyl (C=O) groups is 1. The van der Waals surface area contributed by atoms with Crippen molar-refractivity contribution in [1.29, 1.82) is 0 Å². The Labute approximate surface area is 166 Å². The van der Waals surface area contributed by atoms with Crippen molar-refractivity contribution in [2.75, 3.05) is 13.6 Å². The van der Waals surface area contributed by atoms with E-state index in [1.807, 2.05) is 33.0 Å². The van der Waals surface area contributed by atoms with E-state index >= 15 is 0 Å². The van der Waals surface area contributed by atoms with Gasteiger partial charge in [0.15, 0.2) is 5.65 Å². The largest absolute Gasteiger partial charge is 0.352 e. The Bertz CT molecular complexity index is 964. The second-order valence-corrected chi connectivity index (χ2v) is 7.51. The molecule has 0 saturated heterocycles. The van der Waals surface area contributed by atoms with Crippen molar-refractivity contribution < 1.29 is 4.79 Å². The maximum atomic E-state index is 12.8. The van der Waals surface area contributed by atoms with E-state index in [9.17, 15) is 4.79 Å². The van der Waals surface area contributed by atoms with Gasteiger partial charge in [0.25, 0.3) is 5.91 Å². The molecule has 0 radical (unpaired) electrons. The van der Waals surface area contributed by atoms with Gasteiger partial charge in [-0.25, -0.2) is 4.98 Å². The summed E-state index contributed by atoms with van der Waals surface area (Å²) in [6.45, 7) is 7.53. The Balaban J connectivity index is 1.61. The van der Waals surface area contributed by atoms with Crippen LogP contribution < -0.4 is 5.32 Å². The fourth-order valence-electron chi connectivity index (χ4n) is 3.49. The molecular formula is C22H29N5O. The van der Waals surface area contributed by atoms with E-state index in [-0.39, 0.29) is 5.91 Å². The first-order chi connectivity index (χ1) is 13.4. The second-order valence-electron chi connectivity index (χ2n) is 7.51. The van der Waals surface area contributed by atoms with Crippen molar-refractivity contribution in [2.24, 2.45) is 7.05 Å². The first kappa shape index (κ1) is 20.0. The van der Waals surface area contributed by atoms with Crippen LogP contribution in [0.5, 0.6) is 0 Å². The molecule has 0 aliphatic rings. The molecule has 28 heavy (non-hydrogen) atoms. The van der Waals surface area contributed by atoms with Crippen LogP contribution in [0.4, 0.5) is 0 Å². The summed E-state index contributed by atoms with van der Waals surface area (Å²) in [7, 11) is 3.97. The van der Waals surface area contributed by atoms with Gasteiger partial charge < -0.3 is 5.32 Å². The third-order valence-electron chi connectivity index (χ3n) is 5.22. The standard InChI is InChI=1S/C22H29N5O/c1-15-13-19(20-17(3)25-27(5)21(20)24-15)22(28)23-12-11-16(2)26(4)14-18-9-7-6-8-10-18/h6-10,13,16H,11-12,14H2,1-5H3,(H,23,28)/t16-/m0/s1. The van der Waals surface area contributed by atoms with Crippen LogP contribution in [0.2, 0.25) is 0 Å². The van der Waals surface area contributed by atoms with Gasteiger partial charge in [-0.2, -0.15) is 5.10 Å². The molecule has 148 valence electrons. The Morgan fingerprint density at radius 3 is 2.68 bits per heavy atom. The number of nitrogens with one attached hydrogen (secondary N) is 1. The molecule has 1 amide bonds. The molecule has 6 nitrogen and oxygen atoms in total. The Hall–Kier alpha value is -2.73. The zero-order valence-corrected chi connectivity index (χ0v) is 17.4. The number of pyridine rings is 1. The molecule has 1 aromatic carbocycles. The molecule has 1 atom stereocenters. The number of hydrogen-bond acceptors (Lipinski definition) is 4. The SMILES string of the molecule is Cc1cc(C(=O)NCC[C@H](C)N(C)Cc2ccccc2)c2c(C)nn(C)c2n1. The van der Waals surface area contributed by atoms with Gasteiger partial charge in [0.2, 0.25) is 0 Å².